The van der Waals surface area contributed by atoms with Gasteiger partial charge >= 0.3 is 0 Å². The van der Waals surface area contributed by atoms with Gasteiger partial charge < -0.3 is 11.5 Å². The first-order valence-electron chi connectivity index (χ1n) is 8.12. The van der Waals surface area contributed by atoms with Crippen molar-refractivity contribution >= 4 is 28.5 Å². The summed E-state index contributed by atoms with van der Waals surface area (Å²) in [6.07, 6.45) is 6.28. The number of nitrogens with zero attached hydrogens (tertiary/aromatic N) is 4. The molecule has 0 unspecified atom stereocenters. The van der Waals surface area contributed by atoms with Gasteiger partial charge in [-0.1, -0.05) is 12.5 Å². The lowest BCUT2D eigenvalue weighted by molar-refractivity contribution is 0.305. The highest BCUT2D eigenvalue weighted by atomic mass is 19.1. The van der Waals surface area contributed by atoms with E-state index in [0.29, 0.717) is 11.5 Å². The van der Waals surface area contributed by atoms with E-state index in [1.165, 1.54) is 18.7 Å². The Bertz CT molecular complexity index is 853. The molecule has 0 amide bonds. The van der Waals surface area contributed by atoms with E-state index in [0.717, 1.165) is 36.8 Å². The van der Waals surface area contributed by atoms with Gasteiger partial charge in [-0.15, -0.1) is 0 Å². The van der Waals surface area contributed by atoms with E-state index in [4.69, 9.17) is 11.5 Å². The Hall–Kier alpha value is -2.70. The van der Waals surface area contributed by atoms with E-state index < -0.39 is 5.66 Å². The molecule has 124 valence electrons. The molecule has 6 nitrogen and oxygen atoms in total. The first-order chi connectivity index (χ1) is 11.6. The van der Waals surface area contributed by atoms with E-state index in [9.17, 15) is 4.39 Å². The number of nitrogens with two attached hydrogens (primary N) is 2. The minimum absolute atomic E-state index is 0.228. The molecule has 1 aliphatic heterocycles. The molecule has 1 aromatic heterocycles. The molecular weight excluding hydrogens is 307 g/mol. The van der Waals surface area contributed by atoms with E-state index in [1.807, 2.05) is 23.1 Å². The van der Waals surface area contributed by atoms with Crippen molar-refractivity contribution in [2.45, 2.75) is 37.8 Å². The second-order valence-electron chi connectivity index (χ2n) is 6.35. The summed E-state index contributed by atoms with van der Waals surface area (Å²) in [5, 5.41) is 0.743. The molecule has 2 aliphatic rings. The van der Waals surface area contributed by atoms with Crippen LogP contribution in [0.1, 0.15) is 32.1 Å². The molecule has 0 atom stereocenters. The molecule has 1 fully saturated rings. The topological polar surface area (TPSA) is 92.9 Å². The van der Waals surface area contributed by atoms with E-state index >= 15 is 0 Å². The van der Waals surface area contributed by atoms with Crippen molar-refractivity contribution in [3.8, 4) is 0 Å². The Balaban J connectivity index is 1.83. The summed E-state index contributed by atoms with van der Waals surface area (Å²) in [7, 11) is 0. The van der Waals surface area contributed by atoms with Crippen LogP contribution in [-0.4, -0.2) is 22.6 Å². The minimum Gasteiger partial charge on any atom is -0.369 e. The SMILES string of the molecule is NC1=NC2(CCCCC2)N(c2ccc3cc(F)cnc3c2)C(N)=N1. The molecule has 2 aromatic rings. The van der Waals surface area contributed by atoms with Crippen molar-refractivity contribution in [2.75, 3.05) is 4.90 Å². The van der Waals surface area contributed by atoms with Crippen molar-refractivity contribution in [1.82, 2.24) is 4.98 Å². The third kappa shape index (κ3) is 2.36. The number of pyridine rings is 1. The maximum Gasteiger partial charge on any atom is 0.220 e. The fourth-order valence-corrected chi connectivity index (χ4v) is 3.72. The van der Waals surface area contributed by atoms with Gasteiger partial charge in [0.1, 0.15) is 11.5 Å². The number of guanidine groups is 2. The summed E-state index contributed by atoms with van der Waals surface area (Å²) in [5.41, 5.74) is 13.2. The van der Waals surface area contributed by atoms with Gasteiger partial charge in [-0.05, 0) is 43.9 Å². The maximum atomic E-state index is 13.3. The van der Waals surface area contributed by atoms with Crippen LogP contribution in [0.3, 0.4) is 0 Å². The standard InChI is InChI=1S/C17H19FN6/c18-12-8-11-4-5-13(9-14(11)21-10-12)24-16(20)22-15(19)23-17(24)6-2-1-3-7-17/h4-5,8-10H,1-3,6-7H2,(H4,19,20,22,23). The highest BCUT2D eigenvalue weighted by Crippen LogP contribution is 2.39. The average Bonchev–Trinajstić information content (AvgIpc) is 2.55. The second-order valence-corrected chi connectivity index (χ2v) is 6.35. The first kappa shape index (κ1) is 14.9. The van der Waals surface area contributed by atoms with Crippen molar-refractivity contribution in [2.24, 2.45) is 21.5 Å². The molecule has 1 saturated carbocycles. The number of benzene rings is 1. The Morgan fingerprint density at radius 2 is 1.88 bits per heavy atom. The zero-order chi connectivity index (χ0) is 16.7. The number of fused-ring (bicyclic) bond motifs is 1. The lowest BCUT2D eigenvalue weighted by Crippen LogP contribution is -2.58. The van der Waals surface area contributed by atoms with E-state index in [2.05, 4.69) is 15.0 Å². The first-order valence-corrected chi connectivity index (χ1v) is 8.12. The molecule has 24 heavy (non-hydrogen) atoms. The normalized spacial score (nSPS) is 20.1. The van der Waals surface area contributed by atoms with Gasteiger partial charge in [-0.3, -0.25) is 9.88 Å². The van der Waals surface area contributed by atoms with Crippen LogP contribution in [0.4, 0.5) is 10.1 Å². The van der Waals surface area contributed by atoms with Gasteiger partial charge in [0.15, 0.2) is 0 Å². The molecule has 1 aliphatic carbocycles. The van der Waals surface area contributed by atoms with Gasteiger partial charge in [-0.2, -0.15) is 4.99 Å². The van der Waals surface area contributed by atoms with Crippen LogP contribution in [0.5, 0.6) is 0 Å². The highest BCUT2D eigenvalue weighted by molar-refractivity contribution is 6.06. The molecule has 1 spiro atoms. The zero-order valence-corrected chi connectivity index (χ0v) is 13.2. The molecule has 1 aromatic carbocycles. The summed E-state index contributed by atoms with van der Waals surface area (Å²) >= 11 is 0. The summed E-state index contributed by atoms with van der Waals surface area (Å²) < 4.78 is 13.3. The monoisotopic (exact) mass is 326 g/mol. The van der Waals surface area contributed by atoms with Crippen LogP contribution in [0.25, 0.3) is 10.9 Å². The molecule has 7 heteroatoms. The van der Waals surface area contributed by atoms with Crippen LogP contribution < -0.4 is 16.4 Å². The summed E-state index contributed by atoms with van der Waals surface area (Å²) in [6, 6.07) is 7.10. The molecule has 4 rings (SSSR count). The fraction of sp³-hybridized carbons (Fsp3) is 0.353. The number of hydrogen-bond donors (Lipinski definition) is 2. The van der Waals surface area contributed by atoms with Crippen molar-refractivity contribution in [3.63, 3.8) is 0 Å². The quantitative estimate of drug-likeness (QED) is 0.842. The zero-order valence-electron chi connectivity index (χ0n) is 13.2. The third-order valence-corrected chi connectivity index (χ3v) is 4.74. The van der Waals surface area contributed by atoms with Gasteiger partial charge in [0.25, 0.3) is 0 Å². The predicted molar refractivity (Wildman–Crippen MR) is 93.2 cm³/mol. The Labute approximate surface area is 139 Å². The number of hydrogen-bond acceptors (Lipinski definition) is 6. The van der Waals surface area contributed by atoms with Crippen molar-refractivity contribution in [3.05, 3.63) is 36.3 Å². The number of anilines is 1. The summed E-state index contributed by atoms with van der Waals surface area (Å²) in [4.78, 5) is 14.9. The Morgan fingerprint density at radius 1 is 1.08 bits per heavy atom. The minimum atomic E-state index is -0.484. The highest BCUT2D eigenvalue weighted by Gasteiger charge is 2.42. The second kappa shape index (κ2) is 5.43. The molecule has 0 radical (unpaired) electrons. The number of aliphatic imine (C=N–C) groups is 2. The Kier molecular flexibility index (Phi) is 3.37. The molecule has 2 heterocycles. The van der Waals surface area contributed by atoms with Gasteiger partial charge in [-0.25, -0.2) is 9.38 Å². The van der Waals surface area contributed by atoms with Gasteiger partial charge in [0.2, 0.25) is 11.9 Å². The van der Waals surface area contributed by atoms with Crippen LogP contribution in [0, 0.1) is 5.82 Å². The third-order valence-electron chi connectivity index (χ3n) is 4.74. The molecular formula is C17H19FN6. The van der Waals surface area contributed by atoms with E-state index in [-0.39, 0.29) is 11.8 Å². The molecule has 0 saturated heterocycles. The lowest BCUT2D eigenvalue weighted by atomic mass is 9.87. The van der Waals surface area contributed by atoms with Gasteiger partial charge in [0, 0.05) is 11.1 Å². The van der Waals surface area contributed by atoms with Crippen LogP contribution >= 0.6 is 0 Å². The van der Waals surface area contributed by atoms with Crippen molar-refractivity contribution in [1.29, 1.82) is 0 Å². The lowest BCUT2D eigenvalue weighted by Gasteiger charge is -2.45. The average molecular weight is 326 g/mol. The molecule has 4 N–H and O–H groups in total. The smallest absolute Gasteiger partial charge is 0.220 e. The van der Waals surface area contributed by atoms with Crippen LogP contribution in [0.15, 0.2) is 40.4 Å². The summed E-state index contributed by atoms with van der Waals surface area (Å²) in [6.45, 7) is 0. The Morgan fingerprint density at radius 3 is 2.67 bits per heavy atom. The van der Waals surface area contributed by atoms with Crippen molar-refractivity contribution < 1.29 is 4.39 Å². The molecule has 0 bridgehead atoms. The number of halogens is 1. The van der Waals surface area contributed by atoms with Gasteiger partial charge in [0.05, 0.1) is 11.7 Å². The van der Waals surface area contributed by atoms with Crippen LogP contribution in [-0.2, 0) is 0 Å². The van der Waals surface area contributed by atoms with E-state index in [1.54, 1.807) is 0 Å². The maximum absolute atomic E-state index is 13.3. The number of rotatable bonds is 1. The fourth-order valence-electron chi connectivity index (χ4n) is 3.72. The largest absolute Gasteiger partial charge is 0.369 e. The number of aromatic nitrogens is 1. The predicted octanol–water partition coefficient (Wildman–Crippen LogP) is 2.48. The summed E-state index contributed by atoms with van der Waals surface area (Å²) in [5.74, 6) is 0.216. The van der Waals surface area contributed by atoms with Crippen LogP contribution in [0.2, 0.25) is 0 Å².